The summed E-state index contributed by atoms with van der Waals surface area (Å²) in [7, 11) is 3.72. The lowest BCUT2D eigenvalue weighted by Crippen LogP contribution is -2.42. The van der Waals surface area contributed by atoms with E-state index in [9.17, 15) is 19.5 Å². The fraction of sp³-hybridized carbons (Fsp3) is 0.761. The van der Waals surface area contributed by atoms with E-state index in [1.165, 1.54) is 51.4 Å². The second-order valence-corrected chi connectivity index (χ2v) is 15.2. The van der Waals surface area contributed by atoms with Gasteiger partial charge in [-0.3, -0.25) is 14.4 Å². The Hall–Kier alpha value is -2.75. The largest absolute Gasteiger partial charge is 0.463 e. The van der Waals surface area contributed by atoms with Crippen molar-refractivity contribution in [3.8, 4) is 0 Å². The number of esters is 3. The first-order chi connectivity index (χ1) is 26.8. The molecule has 55 heavy (non-hydrogen) atoms. The first-order valence-corrected chi connectivity index (χ1v) is 21.9. The zero-order chi connectivity index (χ0) is 40.2. The van der Waals surface area contributed by atoms with E-state index in [0.717, 1.165) is 77.0 Å². The maximum atomic E-state index is 12.9. The molecular formula is C46H79NO8. The van der Waals surface area contributed by atoms with E-state index < -0.39 is 42.5 Å². The van der Waals surface area contributed by atoms with Crippen LogP contribution in [0.25, 0.3) is 0 Å². The Balaban J connectivity index is 2.43. The van der Waals surface area contributed by atoms with Gasteiger partial charge in [0.25, 0.3) is 0 Å². The summed E-state index contributed by atoms with van der Waals surface area (Å²) in [6.07, 6.45) is 37.7. The maximum Gasteiger partial charge on any atom is 0.307 e. The Kier molecular flexibility index (Phi) is 32.6. The zero-order valence-electron chi connectivity index (χ0n) is 35.3. The van der Waals surface area contributed by atoms with Crippen LogP contribution in [-0.2, 0) is 33.3 Å². The van der Waals surface area contributed by atoms with E-state index in [1.807, 2.05) is 19.0 Å². The van der Waals surface area contributed by atoms with Crippen molar-refractivity contribution in [3.05, 3.63) is 48.6 Å². The van der Waals surface area contributed by atoms with Crippen molar-refractivity contribution in [3.63, 3.8) is 0 Å². The number of aliphatic hydroxyl groups is 1. The van der Waals surface area contributed by atoms with Crippen molar-refractivity contribution < 1.29 is 38.4 Å². The third-order valence-corrected chi connectivity index (χ3v) is 9.66. The Morgan fingerprint density at radius 3 is 1.42 bits per heavy atom. The van der Waals surface area contributed by atoms with E-state index in [0.29, 0.717) is 19.4 Å². The average Bonchev–Trinajstić information content (AvgIpc) is 3.45. The van der Waals surface area contributed by atoms with E-state index in [2.05, 4.69) is 62.5 Å². The fourth-order valence-electron chi connectivity index (χ4n) is 6.26. The minimum atomic E-state index is -1.49. The van der Waals surface area contributed by atoms with Gasteiger partial charge in [-0.05, 0) is 91.1 Å². The molecule has 4 atom stereocenters. The van der Waals surface area contributed by atoms with Gasteiger partial charge >= 0.3 is 17.9 Å². The van der Waals surface area contributed by atoms with Crippen LogP contribution in [0, 0.1) is 0 Å². The quantitative estimate of drug-likeness (QED) is 0.0291. The molecule has 1 heterocycles. The van der Waals surface area contributed by atoms with Crippen LogP contribution in [0.4, 0.5) is 0 Å². The van der Waals surface area contributed by atoms with Crippen LogP contribution >= 0.6 is 0 Å². The van der Waals surface area contributed by atoms with Crippen molar-refractivity contribution in [2.75, 3.05) is 27.2 Å². The summed E-state index contributed by atoms with van der Waals surface area (Å²) in [6.45, 7) is 4.75. The summed E-state index contributed by atoms with van der Waals surface area (Å²) in [5, 5.41) is 10.7. The minimum Gasteiger partial charge on any atom is -0.463 e. The highest BCUT2D eigenvalue weighted by Crippen LogP contribution is 2.27. The van der Waals surface area contributed by atoms with Gasteiger partial charge in [0.2, 0.25) is 0 Å². The Bertz CT molecular complexity index is 1080. The normalized spacial score (nSPS) is 18.8. The lowest BCUT2D eigenvalue weighted by Gasteiger charge is -2.23. The molecule has 1 saturated heterocycles. The molecule has 1 N–H and O–H groups in total. The molecule has 0 aromatic carbocycles. The minimum absolute atomic E-state index is 0.186. The average molecular weight is 774 g/mol. The number of hydrogen-bond donors (Lipinski definition) is 1. The summed E-state index contributed by atoms with van der Waals surface area (Å²) in [5.74, 6) is -1.35. The molecule has 1 rings (SSSR count). The summed E-state index contributed by atoms with van der Waals surface area (Å²) < 4.78 is 22.4. The zero-order valence-corrected chi connectivity index (χ0v) is 35.3. The Labute approximate surface area is 335 Å². The Morgan fingerprint density at radius 2 is 0.964 bits per heavy atom. The van der Waals surface area contributed by atoms with Gasteiger partial charge in [-0.1, -0.05) is 127 Å². The highest BCUT2D eigenvalue weighted by atomic mass is 16.7. The smallest absolute Gasteiger partial charge is 0.307 e. The Morgan fingerprint density at radius 1 is 0.545 bits per heavy atom. The number of ether oxygens (including phenoxy) is 4. The van der Waals surface area contributed by atoms with Crippen LogP contribution in [0.2, 0.25) is 0 Å². The van der Waals surface area contributed by atoms with Crippen molar-refractivity contribution in [2.24, 2.45) is 0 Å². The lowest BCUT2D eigenvalue weighted by atomic mass is 10.1. The summed E-state index contributed by atoms with van der Waals surface area (Å²) in [5.41, 5.74) is 0. The molecule has 0 saturated carbocycles. The van der Waals surface area contributed by atoms with Crippen molar-refractivity contribution in [1.82, 2.24) is 4.90 Å². The number of allylic oxidation sites excluding steroid dienone is 8. The van der Waals surface area contributed by atoms with Crippen LogP contribution < -0.4 is 0 Å². The number of aliphatic hydroxyl groups excluding tert-OH is 1. The van der Waals surface area contributed by atoms with Crippen molar-refractivity contribution in [2.45, 2.75) is 199 Å². The monoisotopic (exact) mass is 774 g/mol. The molecule has 9 heteroatoms. The molecule has 1 aliphatic rings. The van der Waals surface area contributed by atoms with Gasteiger partial charge in [0.05, 0.1) is 6.42 Å². The highest BCUT2D eigenvalue weighted by Gasteiger charge is 2.49. The van der Waals surface area contributed by atoms with Crippen LogP contribution in [0.3, 0.4) is 0 Å². The van der Waals surface area contributed by atoms with Gasteiger partial charge in [-0.15, -0.1) is 0 Å². The predicted molar refractivity (Wildman–Crippen MR) is 223 cm³/mol. The van der Waals surface area contributed by atoms with Gasteiger partial charge in [-0.2, -0.15) is 0 Å². The molecule has 0 aromatic rings. The molecule has 1 aliphatic heterocycles. The molecular weight excluding hydrogens is 695 g/mol. The van der Waals surface area contributed by atoms with E-state index in [-0.39, 0.29) is 25.9 Å². The molecule has 1 unspecified atom stereocenters. The molecule has 0 spiro atoms. The van der Waals surface area contributed by atoms with Gasteiger partial charge in [0.1, 0.15) is 12.7 Å². The standard InChI is InChI=1S/C46H79NO8/c1-5-7-9-11-13-15-17-19-21-23-25-27-29-31-33-35-42(49)54-44-40(39-52-41(48)37-38-47(3)4)53-46(51)45(44)55-43(50)36-34-32-30-28-26-24-22-20-18-16-14-12-10-8-6-2/h13-16,19-22,40,44-46,51H,5-12,17-18,23-39H2,1-4H3/b15-13-,16-14-,21-19-,22-20-/t40-,44?,45+,46-/m1/s1. The van der Waals surface area contributed by atoms with Crippen LogP contribution in [0.5, 0.6) is 0 Å². The van der Waals surface area contributed by atoms with E-state index >= 15 is 0 Å². The lowest BCUT2D eigenvalue weighted by molar-refractivity contribution is -0.177. The molecule has 9 nitrogen and oxygen atoms in total. The number of carbonyl (C=O) groups is 3. The number of rotatable bonds is 35. The predicted octanol–water partition coefficient (Wildman–Crippen LogP) is 10.6. The molecule has 0 radical (unpaired) electrons. The number of hydrogen-bond acceptors (Lipinski definition) is 9. The first kappa shape index (κ1) is 50.3. The van der Waals surface area contributed by atoms with E-state index in [4.69, 9.17) is 18.9 Å². The molecule has 0 amide bonds. The maximum absolute atomic E-state index is 12.9. The number of unbranched alkanes of at least 4 members (excludes halogenated alkanes) is 16. The third kappa shape index (κ3) is 29.2. The molecule has 0 bridgehead atoms. The SMILES string of the molecule is CCCCC/C=C\C/C=C\CCCCCCCC(=O)OC1[C@@H](COC(=O)CCN(C)C)O[C@@H](O)[C@H]1OC(=O)CCCCCCC/C=C\C/C=C\CCCCC. The van der Waals surface area contributed by atoms with Gasteiger partial charge in [0.15, 0.2) is 18.5 Å². The fourth-order valence-corrected chi connectivity index (χ4v) is 6.26. The van der Waals surface area contributed by atoms with Gasteiger partial charge < -0.3 is 29.0 Å². The third-order valence-electron chi connectivity index (χ3n) is 9.66. The van der Waals surface area contributed by atoms with Crippen LogP contribution in [0.1, 0.15) is 174 Å². The summed E-state index contributed by atoms with van der Waals surface area (Å²) in [4.78, 5) is 39.9. The number of nitrogens with zero attached hydrogens (tertiary/aromatic N) is 1. The summed E-state index contributed by atoms with van der Waals surface area (Å²) >= 11 is 0. The molecule has 1 fully saturated rings. The highest BCUT2D eigenvalue weighted by molar-refractivity contribution is 5.71. The second-order valence-electron chi connectivity index (χ2n) is 15.2. The number of carbonyl (C=O) groups excluding carboxylic acids is 3. The molecule has 316 valence electrons. The van der Waals surface area contributed by atoms with Crippen LogP contribution in [-0.4, -0.2) is 79.8 Å². The van der Waals surface area contributed by atoms with Crippen LogP contribution in [0.15, 0.2) is 48.6 Å². The molecule has 0 aromatic heterocycles. The topological polar surface area (TPSA) is 112 Å². The second kappa shape index (κ2) is 35.6. The summed E-state index contributed by atoms with van der Waals surface area (Å²) in [6, 6.07) is 0. The van der Waals surface area contributed by atoms with Crippen molar-refractivity contribution in [1.29, 1.82) is 0 Å². The molecule has 0 aliphatic carbocycles. The van der Waals surface area contributed by atoms with E-state index in [1.54, 1.807) is 0 Å². The van der Waals surface area contributed by atoms with Crippen molar-refractivity contribution >= 4 is 17.9 Å². The van der Waals surface area contributed by atoms with Gasteiger partial charge in [-0.25, -0.2) is 0 Å². The van der Waals surface area contributed by atoms with Gasteiger partial charge in [0, 0.05) is 19.4 Å². The first-order valence-electron chi connectivity index (χ1n) is 21.9.